The van der Waals surface area contributed by atoms with Crippen LogP contribution >= 0.6 is 0 Å². The number of rotatable bonds is 4. The fourth-order valence-corrected chi connectivity index (χ4v) is 1.91. The summed E-state index contributed by atoms with van der Waals surface area (Å²) in [6, 6.07) is 8.43. The Morgan fingerprint density at radius 3 is 2.71 bits per heavy atom. The molecule has 2 heteroatoms. The molecule has 1 aromatic carbocycles. The zero-order valence-electron chi connectivity index (χ0n) is 10.6. The first-order valence-corrected chi connectivity index (χ1v) is 6.24. The molecule has 1 aromatic rings. The Kier molecular flexibility index (Phi) is 3.97. The van der Waals surface area contributed by atoms with Crippen molar-refractivity contribution >= 4 is 11.5 Å². The average Bonchev–Trinajstić information content (AvgIpc) is 2.82. The molecule has 0 bridgehead atoms. The highest BCUT2D eigenvalue weighted by molar-refractivity contribution is 6.00. The summed E-state index contributed by atoms with van der Waals surface area (Å²) >= 11 is 0. The Labute approximate surface area is 103 Å². The van der Waals surface area contributed by atoms with Crippen molar-refractivity contribution < 1.29 is 4.74 Å². The van der Waals surface area contributed by atoms with E-state index in [1.807, 2.05) is 6.92 Å². The molecule has 0 radical (unpaired) electrons. The quantitative estimate of drug-likeness (QED) is 0.723. The van der Waals surface area contributed by atoms with Gasteiger partial charge in [0.2, 0.25) is 0 Å². The Hall–Kier alpha value is -1.57. The van der Waals surface area contributed by atoms with Gasteiger partial charge in [0.1, 0.15) is 5.76 Å². The van der Waals surface area contributed by atoms with Gasteiger partial charge in [-0.3, -0.25) is 4.99 Å². The van der Waals surface area contributed by atoms with Crippen LogP contribution in [0.2, 0.25) is 0 Å². The molecule has 0 unspecified atom stereocenters. The molecule has 0 fully saturated rings. The van der Waals surface area contributed by atoms with Gasteiger partial charge in [-0.1, -0.05) is 29.8 Å². The smallest absolute Gasteiger partial charge is 0.128 e. The van der Waals surface area contributed by atoms with Crippen LogP contribution in [0.25, 0.3) is 5.76 Å². The summed E-state index contributed by atoms with van der Waals surface area (Å²) in [4.78, 5) is 4.46. The second-order valence-electron chi connectivity index (χ2n) is 4.28. The van der Waals surface area contributed by atoms with Gasteiger partial charge in [-0.25, -0.2) is 0 Å². The summed E-state index contributed by atoms with van der Waals surface area (Å²) in [6.07, 6.45) is 4.32. The molecule has 2 rings (SSSR count). The number of nitrogens with zero attached hydrogens (tertiary/aromatic N) is 1. The molecule has 0 aliphatic carbocycles. The Morgan fingerprint density at radius 1 is 1.35 bits per heavy atom. The molecule has 1 aliphatic heterocycles. The number of benzene rings is 1. The van der Waals surface area contributed by atoms with E-state index in [4.69, 9.17) is 4.74 Å². The van der Waals surface area contributed by atoms with E-state index in [1.54, 1.807) is 0 Å². The highest BCUT2D eigenvalue weighted by Crippen LogP contribution is 2.18. The average molecular weight is 229 g/mol. The topological polar surface area (TPSA) is 21.6 Å². The van der Waals surface area contributed by atoms with Gasteiger partial charge in [0, 0.05) is 23.9 Å². The number of allylic oxidation sites excluding steroid dienone is 1. The van der Waals surface area contributed by atoms with E-state index < -0.39 is 0 Å². The standard InChI is InChI=1S/C15H19NO/c1-3-17-15(11-14-5-4-10-16-14)13-8-6-12(2)7-9-13/h6-9,11H,3-5,10H2,1-2H3. The molecule has 2 nitrogen and oxygen atoms in total. The van der Waals surface area contributed by atoms with Crippen molar-refractivity contribution in [3.8, 4) is 0 Å². The maximum absolute atomic E-state index is 5.71. The van der Waals surface area contributed by atoms with Crippen LogP contribution in [-0.4, -0.2) is 18.9 Å². The molecule has 0 atom stereocenters. The summed E-state index contributed by atoms with van der Waals surface area (Å²) in [6.45, 7) is 5.75. The molecule has 90 valence electrons. The van der Waals surface area contributed by atoms with Crippen molar-refractivity contribution in [2.75, 3.05) is 13.2 Å². The van der Waals surface area contributed by atoms with Crippen molar-refractivity contribution in [3.05, 3.63) is 41.5 Å². The molecular weight excluding hydrogens is 210 g/mol. The van der Waals surface area contributed by atoms with Crippen molar-refractivity contribution in [1.82, 2.24) is 0 Å². The molecule has 1 heterocycles. The normalized spacial score (nSPS) is 15.9. The van der Waals surface area contributed by atoms with Crippen molar-refractivity contribution in [1.29, 1.82) is 0 Å². The van der Waals surface area contributed by atoms with Gasteiger partial charge < -0.3 is 4.74 Å². The fourth-order valence-electron chi connectivity index (χ4n) is 1.91. The number of ether oxygens (including phenoxy) is 1. The maximum Gasteiger partial charge on any atom is 0.128 e. The molecule has 0 spiro atoms. The van der Waals surface area contributed by atoms with Crippen molar-refractivity contribution in [3.63, 3.8) is 0 Å². The van der Waals surface area contributed by atoms with Gasteiger partial charge in [-0.2, -0.15) is 0 Å². The van der Waals surface area contributed by atoms with E-state index >= 15 is 0 Å². The van der Waals surface area contributed by atoms with Crippen LogP contribution < -0.4 is 0 Å². The highest BCUT2D eigenvalue weighted by Gasteiger charge is 2.08. The third-order valence-corrected chi connectivity index (χ3v) is 2.84. The third-order valence-electron chi connectivity index (χ3n) is 2.84. The van der Waals surface area contributed by atoms with Crippen LogP contribution in [0.15, 0.2) is 35.3 Å². The Bertz CT molecular complexity index is 429. The molecule has 0 aromatic heterocycles. The summed E-state index contributed by atoms with van der Waals surface area (Å²) in [5, 5.41) is 0. The largest absolute Gasteiger partial charge is 0.493 e. The predicted octanol–water partition coefficient (Wildman–Crippen LogP) is 3.61. The molecule has 0 saturated heterocycles. The number of aryl methyl sites for hydroxylation is 1. The lowest BCUT2D eigenvalue weighted by molar-refractivity contribution is 0.298. The van der Waals surface area contributed by atoms with Crippen molar-refractivity contribution in [2.45, 2.75) is 26.7 Å². The van der Waals surface area contributed by atoms with Gasteiger partial charge in [-0.15, -0.1) is 0 Å². The lowest BCUT2D eigenvalue weighted by atomic mass is 10.1. The fraction of sp³-hybridized carbons (Fsp3) is 0.400. The first-order valence-electron chi connectivity index (χ1n) is 6.24. The minimum absolute atomic E-state index is 0.687. The Morgan fingerprint density at radius 2 is 2.12 bits per heavy atom. The molecular formula is C15H19NO. The van der Waals surface area contributed by atoms with Gasteiger partial charge >= 0.3 is 0 Å². The highest BCUT2D eigenvalue weighted by atomic mass is 16.5. The van der Waals surface area contributed by atoms with Crippen LogP contribution in [-0.2, 0) is 4.74 Å². The van der Waals surface area contributed by atoms with E-state index in [1.165, 1.54) is 12.0 Å². The first-order chi connectivity index (χ1) is 8.29. The van der Waals surface area contributed by atoms with E-state index in [0.717, 1.165) is 30.0 Å². The zero-order valence-corrected chi connectivity index (χ0v) is 10.6. The minimum atomic E-state index is 0.687. The van der Waals surface area contributed by atoms with Gasteiger partial charge in [-0.05, 0) is 26.7 Å². The maximum atomic E-state index is 5.71. The molecule has 1 aliphatic rings. The van der Waals surface area contributed by atoms with E-state index in [9.17, 15) is 0 Å². The van der Waals surface area contributed by atoms with Crippen molar-refractivity contribution in [2.24, 2.45) is 4.99 Å². The monoisotopic (exact) mass is 229 g/mol. The Balaban J connectivity index is 2.24. The molecule has 0 saturated carbocycles. The second-order valence-corrected chi connectivity index (χ2v) is 4.28. The van der Waals surface area contributed by atoms with Gasteiger partial charge in [0.25, 0.3) is 0 Å². The first kappa shape index (κ1) is 11.9. The summed E-state index contributed by atoms with van der Waals surface area (Å²) < 4.78 is 5.71. The van der Waals surface area contributed by atoms with Crippen LogP contribution in [0.3, 0.4) is 0 Å². The van der Waals surface area contributed by atoms with E-state index in [2.05, 4.69) is 42.3 Å². The number of hydrogen-bond acceptors (Lipinski definition) is 2. The minimum Gasteiger partial charge on any atom is -0.493 e. The lowest BCUT2D eigenvalue weighted by Crippen LogP contribution is -1.96. The van der Waals surface area contributed by atoms with Crippen LogP contribution in [0.4, 0.5) is 0 Å². The van der Waals surface area contributed by atoms with Crippen LogP contribution in [0.5, 0.6) is 0 Å². The van der Waals surface area contributed by atoms with Gasteiger partial charge in [0.05, 0.1) is 6.61 Å². The summed E-state index contributed by atoms with van der Waals surface area (Å²) in [5.74, 6) is 0.938. The van der Waals surface area contributed by atoms with Gasteiger partial charge in [0.15, 0.2) is 0 Å². The lowest BCUT2D eigenvalue weighted by Gasteiger charge is -2.09. The molecule has 0 N–H and O–H groups in total. The van der Waals surface area contributed by atoms with Crippen LogP contribution in [0.1, 0.15) is 30.9 Å². The summed E-state index contributed by atoms with van der Waals surface area (Å²) in [7, 11) is 0. The second kappa shape index (κ2) is 5.67. The summed E-state index contributed by atoms with van der Waals surface area (Å²) in [5.41, 5.74) is 3.56. The van der Waals surface area contributed by atoms with E-state index in [-0.39, 0.29) is 0 Å². The number of aliphatic imine (C=N–C) groups is 1. The molecule has 17 heavy (non-hydrogen) atoms. The SMILES string of the molecule is CCOC(=CC1=NCCC1)c1ccc(C)cc1. The van der Waals surface area contributed by atoms with E-state index in [0.29, 0.717) is 6.61 Å². The number of hydrogen-bond donors (Lipinski definition) is 0. The molecule has 0 amide bonds. The van der Waals surface area contributed by atoms with Crippen LogP contribution in [0, 0.1) is 6.92 Å². The third kappa shape index (κ3) is 3.19. The zero-order chi connectivity index (χ0) is 12.1. The predicted molar refractivity (Wildman–Crippen MR) is 72.3 cm³/mol.